The molecule has 1 N–H and O–H groups in total. The number of hydrogen-bond donors (Lipinski definition) is 1. The molecule has 0 amide bonds. The summed E-state index contributed by atoms with van der Waals surface area (Å²) in [4.78, 5) is 23.1. The molecule has 30 heavy (non-hydrogen) atoms. The molecular formula is C25H40O5. The van der Waals surface area contributed by atoms with Gasteiger partial charge in [0.25, 0.3) is 0 Å². The number of aliphatic hydroxyl groups is 1. The molecule has 5 nitrogen and oxygen atoms in total. The van der Waals surface area contributed by atoms with Crippen LogP contribution in [0.1, 0.15) is 79.6 Å². The average molecular weight is 421 g/mol. The van der Waals surface area contributed by atoms with Crippen LogP contribution in [0.5, 0.6) is 0 Å². The van der Waals surface area contributed by atoms with E-state index in [-0.39, 0.29) is 24.0 Å². The molecule has 2 rings (SSSR count). The van der Waals surface area contributed by atoms with Crippen molar-refractivity contribution in [3.8, 4) is 0 Å². The first-order chi connectivity index (χ1) is 14.0. The van der Waals surface area contributed by atoms with Crippen LogP contribution in [-0.2, 0) is 19.1 Å². The third-order valence-corrected chi connectivity index (χ3v) is 7.95. The van der Waals surface area contributed by atoms with E-state index in [0.717, 1.165) is 24.8 Å². The SMILES string of the molecule is C=C1CCC[C@H]2[C@](C)(CC/C(C)=C/C(=O)O[C@H](CO)COC(C)=O)[C@@H](C)CC[C@]12C. The molecule has 5 atom stereocenters. The van der Waals surface area contributed by atoms with Crippen LogP contribution >= 0.6 is 0 Å². The lowest BCUT2D eigenvalue weighted by molar-refractivity contribution is -0.156. The Morgan fingerprint density at radius 1 is 1.30 bits per heavy atom. The molecule has 0 aromatic carbocycles. The number of allylic oxidation sites excluding steroid dienone is 2. The fourth-order valence-electron chi connectivity index (χ4n) is 5.66. The van der Waals surface area contributed by atoms with E-state index < -0.39 is 18.0 Å². The van der Waals surface area contributed by atoms with Gasteiger partial charge >= 0.3 is 11.9 Å². The molecule has 2 saturated carbocycles. The summed E-state index contributed by atoms with van der Waals surface area (Å²) in [7, 11) is 0. The summed E-state index contributed by atoms with van der Waals surface area (Å²) in [6.45, 7) is 14.4. The molecule has 0 aromatic heterocycles. The van der Waals surface area contributed by atoms with Gasteiger partial charge in [-0.2, -0.15) is 0 Å². The normalized spacial score (nSPS) is 32.9. The van der Waals surface area contributed by atoms with Crippen LogP contribution in [-0.4, -0.2) is 36.4 Å². The number of esters is 2. The van der Waals surface area contributed by atoms with Crippen molar-refractivity contribution in [2.75, 3.05) is 13.2 Å². The lowest BCUT2D eigenvalue weighted by atomic mass is 9.46. The molecule has 0 bridgehead atoms. The molecule has 0 spiro atoms. The molecule has 0 unspecified atom stereocenters. The summed E-state index contributed by atoms with van der Waals surface area (Å²) >= 11 is 0. The Hall–Kier alpha value is -1.62. The van der Waals surface area contributed by atoms with E-state index >= 15 is 0 Å². The highest BCUT2D eigenvalue weighted by Gasteiger charge is 2.53. The molecule has 170 valence electrons. The van der Waals surface area contributed by atoms with Crippen LogP contribution in [0.2, 0.25) is 0 Å². The molecule has 2 aliphatic carbocycles. The van der Waals surface area contributed by atoms with Crippen molar-refractivity contribution in [2.45, 2.75) is 85.7 Å². The summed E-state index contributed by atoms with van der Waals surface area (Å²) < 4.78 is 10.0. The molecule has 0 heterocycles. The molecule has 0 aliphatic heterocycles. The quantitative estimate of drug-likeness (QED) is 0.341. The number of ether oxygens (including phenoxy) is 2. The minimum absolute atomic E-state index is 0.135. The lowest BCUT2D eigenvalue weighted by Gasteiger charge is -2.59. The second-order valence-corrected chi connectivity index (χ2v) is 9.95. The minimum atomic E-state index is -0.838. The van der Waals surface area contributed by atoms with Crippen LogP contribution in [0.15, 0.2) is 23.8 Å². The van der Waals surface area contributed by atoms with Gasteiger partial charge in [0.05, 0.1) is 6.61 Å². The molecular weight excluding hydrogens is 380 g/mol. The van der Waals surface area contributed by atoms with Crippen molar-refractivity contribution in [3.05, 3.63) is 23.8 Å². The zero-order chi connectivity index (χ0) is 22.5. The summed E-state index contributed by atoms with van der Waals surface area (Å²) in [5.41, 5.74) is 2.86. The van der Waals surface area contributed by atoms with E-state index in [1.54, 1.807) is 0 Å². The maximum atomic E-state index is 12.2. The van der Waals surface area contributed by atoms with Crippen LogP contribution in [0, 0.1) is 22.7 Å². The Morgan fingerprint density at radius 3 is 2.63 bits per heavy atom. The van der Waals surface area contributed by atoms with Gasteiger partial charge in [-0.1, -0.05) is 38.5 Å². The maximum Gasteiger partial charge on any atom is 0.331 e. The summed E-state index contributed by atoms with van der Waals surface area (Å²) in [6.07, 6.45) is 8.64. The van der Waals surface area contributed by atoms with Gasteiger partial charge in [0.1, 0.15) is 6.61 Å². The summed E-state index contributed by atoms with van der Waals surface area (Å²) in [6, 6.07) is 0. The first-order valence-corrected chi connectivity index (χ1v) is 11.3. The smallest absolute Gasteiger partial charge is 0.331 e. The fraction of sp³-hybridized carbons (Fsp3) is 0.760. The van der Waals surface area contributed by atoms with Gasteiger partial charge in [-0.15, -0.1) is 0 Å². The van der Waals surface area contributed by atoms with E-state index in [9.17, 15) is 14.7 Å². The zero-order valence-electron chi connectivity index (χ0n) is 19.5. The highest BCUT2D eigenvalue weighted by atomic mass is 16.6. The first kappa shape index (κ1) is 24.6. The van der Waals surface area contributed by atoms with Gasteiger partial charge in [0.15, 0.2) is 6.10 Å². The van der Waals surface area contributed by atoms with Crippen molar-refractivity contribution in [3.63, 3.8) is 0 Å². The van der Waals surface area contributed by atoms with Crippen molar-refractivity contribution in [2.24, 2.45) is 22.7 Å². The van der Waals surface area contributed by atoms with E-state index in [1.807, 2.05) is 6.92 Å². The lowest BCUT2D eigenvalue weighted by Crippen LogP contribution is -2.50. The summed E-state index contributed by atoms with van der Waals surface area (Å²) in [5.74, 6) is 0.306. The summed E-state index contributed by atoms with van der Waals surface area (Å²) in [5, 5.41) is 9.32. The van der Waals surface area contributed by atoms with Crippen molar-refractivity contribution >= 4 is 11.9 Å². The number of carbonyl (C=O) groups excluding carboxylic acids is 2. The molecule has 0 saturated heterocycles. The van der Waals surface area contributed by atoms with E-state index in [2.05, 4.69) is 27.4 Å². The zero-order valence-corrected chi connectivity index (χ0v) is 19.5. The average Bonchev–Trinajstić information content (AvgIpc) is 2.68. The van der Waals surface area contributed by atoms with Crippen LogP contribution < -0.4 is 0 Å². The predicted octanol–water partition coefficient (Wildman–Crippen LogP) is 4.98. The highest BCUT2D eigenvalue weighted by Crippen LogP contribution is 2.62. The van der Waals surface area contributed by atoms with Gasteiger partial charge in [0.2, 0.25) is 0 Å². The van der Waals surface area contributed by atoms with Crippen molar-refractivity contribution < 1.29 is 24.2 Å². The molecule has 2 fully saturated rings. The number of aliphatic hydroxyl groups excluding tert-OH is 1. The van der Waals surface area contributed by atoms with Gasteiger partial charge in [-0.05, 0) is 74.5 Å². The molecule has 2 aliphatic rings. The number of rotatable bonds is 8. The van der Waals surface area contributed by atoms with Crippen LogP contribution in [0.4, 0.5) is 0 Å². The largest absolute Gasteiger partial charge is 0.462 e. The Kier molecular flexibility index (Phi) is 8.32. The second kappa shape index (κ2) is 10.1. The van der Waals surface area contributed by atoms with Gasteiger partial charge < -0.3 is 14.6 Å². The third-order valence-electron chi connectivity index (χ3n) is 7.95. The van der Waals surface area contributed by atoms with Gasteiger partial charge in [0, 0.05) is 13.0 Å². The van der Waals surface area contributed by atoms with Crippen LogP contribution in [0.3, 0.4) is 0 Å². The molecule has 0 radical (unpaired) electrons. The van der Waals surface area contributed by atoms with Gasteiger partial charge in [-0.25, -0.2) is 4.79 Å². The van der Waals surface area contributed by atoms with E-state index in [4.69, 9.17) is 9.47 Å². The van der Waals surface area contributed by atoms with Crippen molar-refractivity contribution in [1.29, 1.82) is 0 Å². The predicted molar refractivity (Wildman–Crippen MR) is 118 cm³/mol. The van der Waals surface area contributed by atoms with E-state index in [0.29, 0.717) is 11.8 Å². The Balaban J connectivity index is 2.00. The molecule has 0 aromatic rings. The highest BCUT2D eigenvalue weighted by molar-refractivity contribution is 5.82. The minimum Gasteiger partial charge on any atom is -0.462 e. The van der Waals surface area contributed by atoms with Crippen molar-refractivity contribution in [1.82, 2.24) is 0 Å². The number of carbonyl (C=O) groups is 2. The first-order valence-electron chi connectivity index (χ1n) is 11.3. The Morgan fingerprint density at radius 2 is 2.00 bits per heavy atom. The second-order valence-electron chi connectivity index (χ2n) is 9.95. The Labute approximate surface area is 181 Å². The standard InChI is InChI=1S/C25H40O5/c1-17(14-23(28)30-21(15-26)16-29-20(4)27)10-12-24(5)19(3)11-13-25(6)18(2)8-7-9-22(24)25/h14,19,21-22,26H,2,7-13,15-16H2,1,3-6H3/b17-14+/t19-,21+,22-,24+,25+/m0/s1. The monoisotopic (exact) mass is 420 g/mol. The third kappa shape index (κ3) is 5.54. The van der Waals surface area contributed by atoms with Crippen LogP contribution in [0.25, 0.3) is 0 Å². The van der Waals surface area contributed by atoms with Gasteiger partial charge in [-0.3, -0.25) is 4.79 Å². The maximum absolute atomic E-state index is 12.2. The topological polar surface area (TPSA) is 72.8 Å². The number of hydrogen-bond acceptors (Lipinski definition) is 5. The van der Waals surface area contributed by atoms with E-state index in [1.165, 1.54) is 44.3 Å². The Bertz CT molecular complexity index is 681. The number of fused-ring (bicyclic) bond motifs is 1. The molecule has 5 heteroatoms. The fourth-order valence-corrected chi connectivity index (χ4v) is 5.66.